The van der Waals surface area contributed by atoms with Crippen LogP contribution in [-0.2, 0) is 10.9 Å². The minimum absolute atomic E-state index is 0.221. The van der Waals surface area contributed by atoms with Gasteiger partial charge in [0.2, 0.25) is 10.9 Å². The SMILES string of the molecule is NCC1(CCN[SH](=O)=O)CCCC1. The highest BCUT2D eigenvalue weighted by atomic mass is 32.2. The van der Waals surface area contributed by atoms with Crippen molar-refractivity contribution in [2.75, 3.05) is 13.1 Å². The molecule has 0 aliphatic heterocycles. The Hall–Kier alpha value is -0.130. The van der Waals surface area contributed by atoms with Crippen LogP contribution in [0.5, 0.6) is 0 Å². The molecule has 1 rings (SSSR count). The summed E-state index contributed by atoms with van der Waals surface area (Å²) < 4.78 is 23.0. The van der Waals surface area contributed by atoms with Crippen LogP contribution in [0.3, 0.4) is 0 Å². The number of nitrogens with one attached hydrogen (secondary N) is 1. The largest absolute Gasteiger partial charge is 0.330 e. The molecule has 3 N–H and O–H groups in total. The standard InChI is InChI=1S/C8H18N2O2S/c9-7-8(3-1-2-4-8)5-6-10-13(11)12/h13H,1-7,9H2,(H,10,11,12). The molecule has 0 aromatic rings. The van der Waals surface area contributed by atoms with Crippen molar-refractivity contribution in [1.82, 2.24) is 4.72 Å². The summed E-state index contributed by atoms with van der Waals surface area (Å²) in [6.45, 7) is 1.22. The first-order valence-corrected chi connectivity index (χ1v) is 5.94. The van der Waals surface area contributed by atoms with E-state index in [1.807, 2.05) is 0 Å². The predicted molar refractivity (Wildman–Crippen MR) is 52.9 cm³/mol. The molecule has 0 bridgehead atoms. The van der Waals surface area contributed by atoms with Crippen LogP contribution in [0.1, 0.15) is 32.1 Å². The normalized spacial score (nSPS) is 21.1. The van der Waals surface area contributed by atoms with Gasteiger partial charge in [0.25, 0.3) is 0 Å². The Morgan fingerprint density at radius 3 is 2.38 bits per heavy atom. The van der Waals surface area contributed by atoms with Crippen molar-refractivity contribution in [3.63, 3.8) is 0 Å². The average Bonchev–Trinajstić information content (AvgIpc) is 2.53. The van der Waals surface area contributed by atoms with Gasteiger partial charge in [0.1, 0.15) is 0 Å². The lowest BCUT2D eigenvalue weighted by Gasteiger charge is -2.26. The van der Waals surface area contributed by atoms with Gasteiger partial charge in [-0.3, -0.25) is 0 Å². The molecular formula is C8H18N2O2S. The highest BCUT2D eigenvalue weighted by Crippen LogP contribution is 2.39. The number of rotatable bonds is 5. The van der Waals surface area contributed by atoms with E-state index < -0.39 is 10.9 Å². The van der Waals surface area contributed by atoms with Gasteiger partial charge in [-0.2, -0.15) is 0 Å². The first-order chi connectivity index (χ1) is 6.18. The molecule has 13 heavy (non-hydrogen) atoms. The second-order valence-electron chi connectivity index (χ2n) is 3.83. The third-order valence-electron chi connectivity index (χ3n) is 2.99. The smallest absolute Gasteiger partial charge is 0.201 e. The molecule has 78 valence electrons. The summed E-state index contributed by atoms with van der Waals surface area (Å²) in [5, 5.41) is 0. The maximum atomic E-state index is 10.3. The zero-order valence-electron chi connectivity index (χ0n) is 7.79. The molecule has 0 unspecified atom stereocenters. The molecule has 0 aromatic carbocycles. The Morgan fingerprint density at radius 1 is 1.31 bits per heavy atom. The van der Waals surface area contributed by atoms with Gasteiger partial charge < -0.3 is 5.73 Å². The number of hydrogen-bond acceptors (Lipinski definition) is 3. The lowest BCUT2D eigenvalue weighted by atomic mass is 9.83. The van der Waals surface area contributed by atoms with Crippen molar-refractivity contribution in [3.05, 3.63) is 0 Å². The van der Waals surface area contributed by atoms with Crippen LogP contribution in [0.2, 0.25) is 0 Å². The summed E-state index contributed by atoms with van der Waals surface area (Å²) in [5.74, 6) is 0. The molecule has 1 aliphatic rings. The minimum Gasteiger partial charge on any atom is -0.330 e. The molecule has 1 fully saturated rings. The summed E-state index contributed by atoms with van der Waals surface area (Å²) in [6.07, 6.45) is 5.66. The van der Waals surface area contributed by atoms with Crippen LogP contribution in [0.15, 0.2) is 0 Å². The van der Waals surface area contributed by atoms with Crippen LogP contribution in [0.25, 0.3) is 0 Å². The fraction of sp³-hybridized carbons (Fsp3) is 1.00. The summed E-state index contributed by atoms with van der Waals surface area (Å²) in [4.78, 5) is 0. The number of thiol groups is 1. The van der Waals surface area contributed by atoms with Crippen LogP contribution in [0.4, 0.5) is 0 Å². The van der Waals surface area contributed by atoms with E-state index in [0.717, 1.165) is 19.3 Å². The fourth-order valence-electron chi connectivity index (χ4n) is 2.09. The third kappa shape index (κ3) is 3.25. The highest BCUT2D eigenvalue weighted by molar-refractivity contribution is 7.70. The van der Waals surface area contributed by atoms with E-state index in [2.05, 4.69) is 4.72 Å². The molecule has 0 atom stereocenters. The van der Waals surface area contributed by atoms with Crippen molar-refractivity contribution in [2.24, 2.45) is 11.1 Å². The molecular weight excluding hydrogens is 188 g/mol. The van der Waals surface area contributed by atoms with Gasteiger partial charge in [-0.05, 0) is 31.2 Å². The third-order valence-corrected chi connectivity index (χ3v) is 3.48. The Bertz CT molecular complexity index is 214. The summed E-state index contributed by atoms with van der Waals surface area (Å²) >= 11 is 0. The minimum atomic E-state index is -2.44. The zero-order valence-corrected chi connectivity index (χ0v) is 8.69. The zero-order chi connectivity index (χ0) is 9.73. The summed E-state index contributed by atoms with van der Waals surface area (Å²) in [5.41, 5.74) is 5.93. The summed E-state index contributed by atoms with van der Waals surface area (Å²) in [6, 6.07) is 0. The topological polar surface area (TPSA) is 72.2 Å². The molecule has 0 radical (unpaired) electrons. The Labute approximate surface area is 81.0 Å². The summed E-state index contributed by atoms with van der Waals surface area (Å²) in [7, 11) is -2.44. The van der Waals surface area contributed by atoms with Gasteiger partial charge in [-0.1, -0.05) is 12.8 Å². The second kappa shape index (κ2) is 4.93. The van der Waals surface area contributed by atoms with Crippen LogP contribution in [-0.4, -0.2) is 21.5 Å². The molecule has 0 heterocycles. The second-order valence-corrected chi connectivity index (χ2v) is 4.66. The molecule has 4 nitrogen and oxygen atoms in total. The van der Waals surface area contributed by atoms with Crippen molar-refractivity contribution in [1.29, 1.82) is 0 Å². The van der Waals surface area contributed by atoms with Crippen molar-refractivity contribution >= 4 is 10.9 Å². The molecule has 0 amide bonds. The van der Waals surface area contributed by atoms with E-state index in [4.69, 9.17) is 5.73 Å². The first-order valence-electron chi connectivity index (χ1n) is 4.76. The Balaban J connectivity index is 2.31. The van der Waals surface area contributed by atoms with E-state index in [0.29, 0.717) is 13.1 Å². The average molecular weight is 206 g/mol. The van der Waals surface area contributed by atoms with Gasteiger partial charge in [-0.15, -0.1) is 0 Å². The van der Waals surface area contributed by atoms with Crippen molar-refractivity contribution in [3.8, 4) is 0 Å². The number of nitrogens with two attached hydrogens (primary N) is 1. The maximum absolute atomic E-state index is 10.3. The van der Waals surface area contributed by atoms with Gasteiger partial charge in [0.15, 0.2) is 0 Å². The molecule has 5 heteroatoms. The van der Waals surface area contributed by atoms with Gasteiger partial charge in [-0.25, -0.2) is 13.1 Å². The van der Waals surface area contributed by atoms with Crippen LogP contribution in [0, 0.1) is 5.41 Å². The molecule has 0 aromatic heterocycles. The monoisotopic (exact) mass is 206 g/mol. The number of hydrogen-bond donors (Lipinski definition) is 3. The van der Waals surface area contributed by atoms with E-state index in [-0.39, 0.29) is 5.41 Å². The Morgan fingerprint density at radius 2 is 1.92 bits per heavy atom. The van der Waals surface area contributed by atoms with E-state index >= 15 is 0 Å². The Kier molecular flexibility index (Phi) is 4.15. The van der Waals surface area contributed by atoms with E-state index in [1.54, 1.807) is 0 Å². The lowest BCUT2D eigenvalue weighted by Crippen LogP contribution is -2.31. The maximum Gasteiger partial charge on any atom is 0.201 e. The first kappa shape index (κ1) is 10.9. The van der Waals surface area contributed by atoms with E-state index in [9.17, 15) is 8.42 Å². The van der Waals surface area contributed by atoms with Gasteiger partial charge in [0.05, 0.1) is 0 Å². The van der Waals surface area contributed by atoms with Gasteiger partial charge >= 0.3 is 0 Å². The fourth-order valence-corrected chi connectivity index (χ4v) is 2.39. The van der Waals surface area contributed by atoms with E-state index in [1.165, 1.54) is 12.8 Å². The lowest BCUT2D eigenvalue weighted by molar-refractivity contribution is 0.285. The molecule has 0 saturated heterocycles. The quantitative estimate of drug-likeness (QED) is 0.555. The predicted octanol–water partition coefficient (Wildman–Crippen LogP) is 0.0116. The van der Waals surface area contributed by atoms with Gasteiger partial charge in [0, 0.05) is 6.54 Å². The molecule has 1 aliphatic carbocycles. The van der Waals surface area contributed by atoms with Crippen molar-refractivity contribution < 1.29 is 8.42 Å². The molecule has 0 spiro atoms. The van der Waals surface area contributed by atoms with Crippen LogP contribution >= 0.6 is 0 Å². The van der Waals surface area contributed by atoms with Crippen molar-refractivity contribution in [2.45, 2.75) is 32.1 Å². The highest BCUT2D eigenvalue weighted by Gasteiger charge is 2.31. The molecule has 1 saturated carbocycles. The van der Waals surface area contributed by atoms with Crippen LogP contribution < -0.4 is 10.5 Å².